The Labute approximate surface area is 142 Å². The van der Waals surface area contributed by atoms with Crippen LogP contribution in [0.5, 0.6) is 0 Å². The molecule has 0 unspecified atom stereocenters. The van der Waals surface area contributed by atoms with Crippen LogP contribution in [0.4, 0.5) is 0 Å². The van der Waals surface area contributed by atoms with Crippen LogP contribution in [0.1, 0.15) is 11.1 Å². The van der Waals surface area contributed by atoms with E-state index in [4.69, 9.17) is 0 Å². The molecule has 2 heterocycles. The molecular formula is C22H20N2+2. The summed E-state index contributed by atoms with van der Waals surface area (Å²) in [5.74, 6) is 0. The minimum atomic E-state index is 0.901. The number of benzene rings is 2. The average molecular weight is 312 g/mol. The summed E-state index contributed by atoms with van der Waals surface area (Å²) < 4.78 is 4.39. The van der Waals surface area contributed by atoms with Gasteiger partial charge in [-0.1, -0.05) is 36.4 Å². The van der Waals surface area contributed by atoms with Crippen molar-refractivity contribution < 1.29 is 9.13 Å². The van der Waals surface area contributed by atoms with Gasteiger partial charge in [0.1, 0.15) is 0 Å². The summed E-state index contributed by atoms with van der Waals surface area (Å²) in [5, 5.41) is 2.59. The Morgan fingerprint density at radius 3 is 1.33 bits per heavy atom. The van der Waals surface area contributed by atoms with Gasteiger partial charge in [0, 0.05) is 35.4 Å². The highest BCUT2D eigenvalue weighted by Gasteiger charge is 2.05. The van der Waals surface area contributed by atoms with E-state index in [0.29, 0.717) is 0 Å². The number of hydrogen-bond donors (Lipinski definition) is 0. The summed E-state index contributed by atoms with van der Waals surface area (Å²) in [7, 11) is 0. The first-order valence-corrected chi connectivity index (χ1v) is 8.27. The quantitative estimate of drug-likeness (QED) is 0.510. The fourth-order valence-electron chi connectivity index (χ4n) is 3.04. The fourth-order valence-corrected chi connectivity index (χ4v) is 3.04. The molecule has 0 aliphatic heterocycles. The van der Waals surface area contributed by atoms with E-state index in [9.17, 15) is 0 Å². The van der Waals surface area contributed by atoms with Crippen LogP contribution in [0.2, 0.25) is 0 Å². The fraction of sp³-hybridized carbons (Fsp3) is 0.0909. The normalized spacial score (nSPS) is 10.8. The molecule has 2 heteroatoms. The van der Waals surface area contributed by atoms with E-state index in [1.54, 1.807) is 0 Å². The lowest BCUT2D eigenvalue weighted by molar-refractivity contribution is -0.688. The van der Waals surface area contributed by atoms with Crippen molar-refractivity contribution in [2.45, 2.75) is 13.1 Å². The molecule has 0 spiro atoms. The van der Waals surface area contributed by atoms with Crippen molar-refractivity contribution >= 4 is 10.8 Å². The minimum Gasteiger partial charge on any atom is -0.201 e. The molecule has 2 nitrogen and oxygen atoms in total. The molecule has 0 aliphatic rings. The second-order valence-electron chi connectivity index (χ2n) is 6.11. The lowest BCUT2D eigenvalue weighted by Gasteiger charge is -2.04. The van der Waals surface area contributed by atoms with Crippen LogP contribution in [-0.4, -0.2) is 0 Å². The molecule has 4 aromatic rings. The van der Waals surface area contributed by atoms with Crippen molar-refractivity contribution in [3.63, 3.8) is 0 Å². The SMILES string of the molecule is c1cc[n+](Cc2ccc3cc(C[n+]4ccccc4)ccc3c2)cc1. The predicted molar refractivity (Wildman–Crippen MR) is 95.4 cm³/mol. The first-order valence-electron chi connectivity index (χ1n) is 8.27. The van der Waals surface area contributed by atoms with E-state index < -0.39 is 0 Å². The molecule has 4 rings (SSSR count). The molecule has 0 saturated heterocycles. The molecule has 0 bridgehead atoms. The van der Waals surface area contributed by atoms with Gasteiger partial charge in [0.25, 0.3) is 0 Å². The number of aromatic nitrogens is 2. The third-order valence-electron chi connectivity index (χ3n) is 4.25. The first-order chi connectivity index (χ1) is 11.9. The Morgan fingerprint density at radius 2 is 0.917 bits per heavy atom. The van der Waals surface area contributed by atoms with Gasteiger partial charge in [-0.25, -0.2) is 9.13 Å². The van der Waals surface area contributed by atoms with Crippen molar-refractivity contribution in [3.8, 4) is 0 Å². The van der Waals surface area contributed by atoms with Gasteiger partial charge in [0.05, 0.1) is 0 Å². The summed E-state index contributed by atoms with van der Waals surface area (Å²) >= 11 is 0. The highest BCUT2D eigenvalue weighted by Crippen LogP contribution is 2.18. The van der Waals surface area contributed by atoms with E-state index in [1.807, 2.05) is 12.1 Å². The Bertz CT molecular complexity index is 866. The van der Waals surface area contributed by atoms with Gasteiger partial charge in [0.15, 0.2) is 37.9 Å². The molecule has 2 aromatic carbocycles. The minimum absolute atomic E-state index is 0.901. The number of pyridine rings is 2. The second kappa shape index (κ2) is 6.63. The summed E-state index contributed by atoms with van der Waals surface area (Å²) in [6.07, 6.45) is 8.41. The van der Waals surface area contributed by atoms with Crippen molar-refractivity contribution in [2.24, 2.45) is 0 Å². The van der Waals surface area contributed by atoms with Gasteiger partial charge in [-0.3, -0.25) is 0 Å². The van der Waals surface area contributed by atoms with Crippen LogP contribution in [0.3, 0.4) is 0 Å². The molecule has 0 radical (unpaired) electrons. The average Bonchev–Trinajstić information content (AvgIpc) is 2.64. The topological polar surface area (TPSA) is 7.76 Å². The van der Waals surface area contributed by atoms with E-state index in [0.717, 1.165) is 13.1 Å². The molecule has 24 heavy (non-hydrogen) atoms. The van der Waals surface area contributed by atoms with E-state index in [1.165, 1.54) is 21.9 Å². The molecule has 2 aromatic heterocycles. The first kappa shape index (κ1) is 14.6. The van der Waals surface area contributed by atoms with Crippen molar-refractivity contribution in [3.05, 3.63) is 109 Å². The molecule has 0 N–H and O–H groups in total. The smallest absolute Gasteiger partial charge is 0.173 e. The van der Waals surface area contributed by atoms with Crippen molar-refractivity contribution in [1.82, 2.24) is 0 Å². The maximum atomic E-state index is 2.29. The maximum absolute atomic E-state index is 2.29. The Morgan fingerprint density at radius 1 is 0.500 bits per heavy atom. The monoisotopic (exact) mass is 312 g/mol. The van der Waals surface area contributed by atoms with Crippen molar-refractivity contribution in [2.75, 3.05) is 0 Å². The van der Waals surface area contributed by atoms with Gasteiger partial charge in [-0.15, -0.1) is 0 Å². The van der Waals surface area contributed by atoms with Crippen molar-refractivity contribution in [1.29, 1.82) is 0 Å². The van der Waals surface area contributed by atoms with Gasteiger partial charge in [-0.2, -0.15) is 0 Å². The highest BCUT2D eigenvalue weighted by atomic mass is 14.9. The summed E-state index contributed by atoms with van der Waals surface area (Å²) in [6.45, 7) is 1.80. The lowest BCUT2D eigenvalue weighted by Crippen LogP contribution is -2.32. The summed E-state index contributed by atoms with van der Waals surface area (Å²) in [6, 6.07) is 25.8. The molecule has 0 fully saturated rings. The number of rotatable bonds is 4. The Kier molecular flexibility index (Phi) is 4.03. The zero-order chi connectivity index (χ0) is 16.2. The van der Waals surface area contributed by atoms with E-state index >= 15 is 0 Å². The third-order valence-corrected chi connectivity index (χ3v) is 4.25. The second-order valence-corrected chi connectivity index (χ2v) is 6.11. The predicted octanol–water partition coefficient (Wildman–Crippen LogP) is 3.51. The van der Waals surface area contributed by atoms with E-state index in [-0.39, 0.29) is 0 Å². The van der Waals surface area contributed by atoms with Crippen LogP contribution in [0.25, 0.3) is 10.8 Å². The molecule has 0 saturated carbocycles. The lowest BCUT2D eigenvalue weighted by atomic mass is 10.0. The maximum Gasteiger partial charge on any atom is 0.173 e. The van der Waals surface area contributed by atoms with Gasteiger partial charge in [-0.05, 0) is 22.9 Å². The summed E-state index contributed by atoms with van der Waals surface area (Å²) in [5.41, 5.74) is 2.65. The van der Waals surface area contributed by atoms with Gasteiger partial charge in [0.2, 0.25) is 0 Å². The molecule has 116 valence electrons. The van der Waals surface area contributed by atoms with E-state index in [2.05, 4.69) is 94.6 Å². The van der Waals surface area contributed by atoms with Crippen LogP contribution < -0.4 is 9.13 Å². The molecule has 0 aliphatic carbocycles. The zero-order valence-electron chi connectivity index (χ0n) is 13.5. The number of hydrogen-bond acceptors (Lipinski definition) is 0. The number of nitrogens with zero attached hydrogens (tertiary/aromatic N) is 2. The largest absolute Gasteiger partial charge is 0.201 e. The van der Waals surface area contributed by atoms with Gasteiger partial charge < -0.3 is 0 Å². The number of fused-ring (bicyclic) bond motifs is 1. The summed E-state index contributed by atoms with van der Waals surface area (Å²) in [4.78, 5) is 0. The van der Waals surface area contributed by atoms with Crippen LogP contribution in [-0.2, 0) is 13.1 Å². The van der Waals surface area contributed by atoms with Crippen LogP contribution >= 0.6 is 0 Å². The van der Waals surface area contributed by atoms with Crippen LogP contribution in [0.15, 0.2) is 97.6 Å². The zero-order valence-corrected chi connectivity index (χ0v) is 13.5. The molecule has 0 amide bonds. The highest BCUT2D eigenvalue weighted by molar-refractivity contribution is 5.83. The Hall–Kier alpha value is -3.00. The Balaban J connectivity index is 1.59. The standard InChI is InChI=1S/C22H20N2/c1-3-11-23(12-4-1)17-19-7-9-22-16-20(8-10-21(22)15-19)18-24-13-5-2-6-14-24/h1-16H,17-18H2/q+2. The molecular weight excluding hydrogens is 292 g/mol. The molecule has 0 atom stereocenters. The third kappa shape index (κ3) is 3.33. The van der Waals surface area contributed by atoms with Gasteiger partial charge >= 0.3 is 0 Å². The van der Waals surface area contributed by atoms with Crippen LogP contribution in [0, 0.1) is 0 Å².